The van der Waals surface area contributed by atoms with Gasteiger partial charge >= 0.3 is 0 Å². The van der Waals surface area contributed by atoms with E-state index in [1.807, 2.05) is 25.2 Å². The molecule has 154 valence electrons. The van der Waals surface area contributed by atoms with E-state index in [1.54, 1.807) is 6.07 Å². The van der Waals surface area contributed by atoms with Crippen molar-refractivity contribution in [1.82, 2.24) is 4.90 Å². The number of piperazine rings is 1. The monoisotopic (exact) mass is 424 g/mol. The van der Waals surface area contributed by atoms with Crippen molar-refractivity contribution in [2.45, 2.75) is 0 Å². The van der Waals surface area contributed by atoms with Gasteiger partial charge in [-0.05, 0) is 30.3 Å². The zero-order valence-corrected chi connectivity index (χ0v) is 18.0. The van der Waals surface area contributed by atoms with Crippen molar-refractivity contribution in [3.8, 4) is 0 Å². The van der Waals surface area contributed by atoms with Crippen LogP contribution in [0.1, 0.15) is 0 Å². The molecule has 1 N–H and O–H groups in total. The molecule has 6 nitrogen and oxygen atoms in total. The first kappa shape index (κ1) is 22.3. The van der Waals surface area contributed by atoms with Gasteiger partial charge in [-0.1, -0.05) is 24.3 Å². The molecule has 0 amide bonds. The molecule has 1 heterocycles. The molecule has 3 rings (SSSR count). The van der Waals surface area contributed by atoms with Gasteiger partial charge in [0.05, 0.1) is 11.9 Å². The highest BCUT2D eigenvalue weighted by atomic mass is 35.5. The van der Waals surface area contributed by atoms with Crippen LogP contribution in [0, 0.1) is 0 Å². The van der Waals surface area contributed by atoms with Crippen molar-refractivity contribution in [3.05, 3.63) is 54.6 Å². The maximum Gasteiger partial charge on any atom is 0.229 e. The smallest absolute Gasteiger partial charge is 0.229 e. The predicted molar refractivity (Wildman–Crippen MR) is 121 cm³/mol. The van der Waals surface area contributed by atoms with Crippen LogP contribution in [-0.4, -0.2) is 65.9 Å². The first-order chi connectivity index (χ1) is 12.9. The zero-order chi connectivity index (χ0) is 19.3. The number of sulfonamides is 1. The first-order valence-corrected chi connectivity index (χ1v) is 11.1. The summed E-state index contributed by atoms with van der Waals surface area (Å²) in [4.78, 5) is 7.08. The van der Waals surface area contributed by atoms with Crippen molar-refractivity contribution in [3.63, 3.8) is 0 Å². The molecule has 1 aliphatic heterocycles. The summed E-state index contributed by atoms with van der Waals surface area (Å²) in [5.41, 5.74) is 2.90. The second-order valence-electron chi connectivity index (χ2n) is 7.01. The molecule has 0 saturated carbocycles. The van der Waals surface area contributed by atoms with Crippen LogP contribution in [0.2, 0.25) is 0 Å². The third kappa shape index (κ3) is 6.58. The Morgan fingerprint density at radius 2 is 1.68 bits per heavy atom. The minimum Gasteiger partial charge on any atom is -0.373 e. The normalized spacial score (nSPS) is 15.0. The lowest BCUT2D eigenvalue weighted by Crippen LogP contribution is -2.48. The van der Waals surface area contributed by atoms with Crippen LogP contribution in [0.5, 0.6) is 0 Å². The summed E-state index contributed by atoms with van der Waals surface area (Å²) in [7, 11) is -1.22. The molecule has 0 aromatic heterocycles. The lowest BCUT2D eigenvalue weighted by molar-refractivity contribution is 0.264. The maximum absolute atomic E-state index is 11.4. The molecule has 0 aliphatic carbocycles. The largest absolute Gasteiger partial charge is 0.373 e. The minimum absolute atomic E-state index is 0. The van der Waals surface area contributed by atoms with E-state index in [-0.39, 0.29) is 12.4 Å². The summed E-state index contributed by atoms with van der Waals surface area (Å²) in [6.45, 7) is 6.08. The van der Waals surface area contributed by atoms with Gasteiger partial charge in [0.15, 0.2) is 0 Å². The van der Waals surface area contributed by atoms with E-state index in [4.69, 9.17) is 0 Å². The molecule has 2 aromatic rings. The van der Waals surface area contributed by atoms with E-state index < -0.39 is 10.0 Å². The number of anilines is 3. The van der Waals surface area contributed by atoms with Gasteiger partial charge in [0.1, 0.15) is 0 Å². The molecule has 0 atom stereocenters. The number of rotatable bonds is 7. The summed E-state index contributed by atoms with van der Waals surface area (Å²) < 4.78 is 25.3. The van der Waals surface area contributed by atoms with E-state index in [2.05, 4.69) is 49.8 Å². The summed E-state index contributed by atoms with van der Waals surface area (Å²) >= 11 is 0. The first-order valence-electron chi connectivity index (χ1n) is 9.22. The highest BCUT2D eigenvalue weighted by Gasteiger charge is 2.17. The standard InChI is InChI=1S/C20H28N4O2S.ClH/c1-22(20-10-6-7-18(17-20)21-27(2,25)26)11-12-23-13-15-24(16-14-23)19-8-4-3-5-9-19;/h3-10,17,21H,11-16H2,1-2H3;1H. The minimum atomic E-state index is -3.26. The third-order valence-electron chi connectivity index (χ3n) is 4.84. The molecule has 0 unspecified atom stereocenters. The summed E-state index contributed by atoms with van der Waals surface area (Å²) in [6.07, 6.45) is 1.17. The number of likely N-dealkylation sites (N-methyl/N-ethyl adjacent to an activating group) is 1. The molecular formula is C20H29ClN4O2S. The Morgan fingerprint density at radius 3 is 2.32 bits per heavy atom. The molecule has 1 saturated heterocycles. The number of nitrogens with zero attached hydrogens (tertiary/aromatic N) is 3. The SMILES string of the molecule is CN(CCN1CCN(c2ccccc2)CC1)c1cccc(NS(C)(=O)=O)c1.Cl. The lowest BCUT2D eigenvalue weighted by atomic mass is 10.2. The van der Waals surface area contributed by atoms with E-state index in [0.29, 0.717) is 5.69 Å². The van der Waals surface area contributed by atoms with Crippen LogP contribution in [-0.2, 0) is 10.0 Å². The number of para-hydroxylation sites is 1. The van der Waals surface area contributed by atoms with Crippen LogP contribution >= 0.6 is 12.4 Å². The Balaban J connectivity index is 0.00000280. The Bertz CT molecular complexity index is 840. The zero-order valence-electron chi connectivity index (χ0n) is 16.4. The predicted octanol–water partition coefficient (Wildman–Crippen LogP) is 2.74. The molecular weight excluding hydrogens is 396 g/mol. The summed E-state index contributed by atoms with van der Waals surface area (Å²) in [6, 6.07) is 18.1. The van der Waals surface area contributed by atoms with Gasteiger partial charge in [-0.15, -0.1) is 12.4 Å². The highest BCUT2D eigenvalue weighted by molar-refractivity contribution is 7.92. The Morgan fingerprint density at radius 1 is 1.00 bits per heavy atom. The number of hydrogen-bond donors (Lipinski definition) is 1. The quantitative estimate of drug-likeness (QED) is 0.740. The van der Waals surface area contributed by atoms with Crippen LogP contribution in [0.15, 0.2) is 54.6 Å². The summed E-state index contributed by atoms with van der Waals surface area (Å²) in [5.74, 6) is 0. The lowest BCUT2D eigenvalue weighted by Gasteiger charge is -2.37. The van der Waals surface area contributed by atoms with Gasteiger partial charge in [-0.25, -0.2) is 8.42 Å². The van der Waals surface area contributed by atoms with E-state index in [9.17, 15) is 8.42 Å². The topological polar surface area (TPSA) is 55.9 Å². The fraction of sp³-hybridized carbons (Fsp3) is 0.400. The summed E-state index contributed by atoms with van der Waals surface area (Å²) in [5, 5.41) is 0. The molecule has 2 aromatic carbocycles. The van der Waals surface area contributed by atoms with Crippen LogP contribution < -0.4 is 14.5 Å². The van der Waals surface area contributed by atoms with Crippen molar-refractivity contribution >= 4 is 39.5 Å². The second kappa shape index (κ2) is 10.0. The van der Waals surface area contributed by atoms with Crippen molar-refractivity contribution in [2.24, 2.45) is 0 Å². The van der Waals surface area contributed by atoms with Crippen molar-refractivity contribution in [1.29, 1.82) is 0 Å². The highest BCUT2D eigenvalue weighted by Crippen LogP contribution is 2.19. The second-order valence-corrected chi connectivity index (χ2v) is 8.76. The van der Waals surface area contributed by atoms with Gasteiger partial charge in [0.2, 0.25) is 10.0 Å². The van der Waals surface area contributed by atoms with Crippen LogP contribution in [0.4, 0.5) is 17.1 Å². The number of halogens is 1. The molecule has 8 heteroatoms. The van der Waals surface area contributed by atoms with E-state index >= 15 is 0 Å². The van der Waals surface area contributed by atoms with Crippen molar-refractivity contribution in [2.75, 3.05) is 67.1 Å². The van der Waals surface area contributed by atoms with Crippen LogP contribution in [0.25, 0.3) is 0 Å². The molecule has 1 aliphatic rings. The van der Waals surface area contributed by atoms with E-state index in [0.717, 1.165) is 45.0 Å². The third-order valence-corrected chi connectivity index (χ3v) is 5.44. The van der Waals surface area contributed by atoms with Gasteiger partial charge < -0.3 is 9.80 Å². The van der Waals surface area contributed by atoms with E-state index in [1.165, 1.54) is 11.9 Å². The maximum atomic E-state index is 11.4. The van der Waals surface area contributed by atoms with Crippen LogP contribution in [0.3, 0.4) is 0 Å². The molecule has 0 spiro atoms. The molecule has 1 fully saturated rings. The average Bonchev–Trinajstić information content (AvgIpc) is 2.66. The Labute approximate surface area is 174 Å². The molecule has 0 radical (unpaired) electrons. The Kier molecular flexibility index (Phi) is 7.98. The van der Waals surface area contributed by atoms with Crippen molar-refractivity contribution < 1.29 is 8.42 Å². The van der Waals surface area contributed by atoms with Gasteiger partial charge in [0, 0.05) is 57.7 Å². The Hall–Kier alpha value is -1.96. The van der Waals surface area contributed by atoms with Gasteiger partial charge in [-0.3, -0.25) is 9.62 Å². The average molecular weight is 425 g/mol. The number of benzene rings is 2. The molecule has 28 heavy (non-hydrogen) atoms. The fourth-order valence-electron chi connectivity index (χ4n) is 3.31. The fourth-order valence-corrected chi connectivity index (χ4v) is 3.87. The van der Waals surface area contributed by atoms with Gasteiger partial charge in [-0.2, -0.15) is 0 Å². The number of nitrogens with one attached hydrogen (secondary N) is 1. The van der Waals surface area contributed by atoms with Gasteiger partial charge in [0.25, 0.3) is 0 Å². The number of hydrogen-bond acceptors (Lipinski definition) is 5. The molecule has 0 bridgehead atoms.